The molecule has 4 atom stereocenters. The minimum absolute atomic E-state index is 1.07. The van der Waals surface area contributed by atoms with Crippen molar-refractivity contribution in [3.8, 4) is 0 Å². The fraction of sp³-hybridized carbons (Fsp3) is 1.00. The van der Waals surface area contributed by atoms with Crippen LogP contribution < -0.4 is 0 Å². The second kappa shape index (κ2) is 2.25. The van der Waals surface area contributed by atoms with Crippen LogP contribution in [0.25, 0.3) is 0 Å². The summed E-state index contributed by atoms with van der Waals surface area (Å²) in [5.74, 6) is 4.51. The molecule has 2 fully saturated rings. The third-order valence-corrected chi connectivity index (χ3v) is 3.74. The second-order valence-corrected chi connectivity index (χ2v) is 4.29. The number of hydrogen-bond donors (Lipinski definition) is 0. The third kappa shape index (κ3) is 0.889. The number of hydrogen-bond acceptors (Lipinski definition) is 0. The second-order valence-electron chi connectivity index (χ2n) is 4.29. The average molecular weight is 138 g/mol. The zero-order chi connectivity index (χ0) is 7.14. The van der Waals surface area contributed by atoms with Crippen LogP contribution in [0, 0.1) is 23.7 Å². The van der Waals surface area contributed by atoms with Gasteiger partial charge in [0.15, 0.2) is 0 Å². The number of rotatable bonds is 2. The Balaban J connectivity index is 1.81. The predicted molar refractivity (Wildman–Crippen MR) is 43.8 cm³/mol. The molecule has 2 aliphatic rings. The van der Waals surface area contributed by atoms with Crippen LogP contribution in [0.3, 0.4) is 0 Å². The van der Waals surface area contributed by atoms with E-state index in [1.165, 1.54) is 12.8 Å². The molecule has 4 unspecified atom stereocenters. The predicted octanol–water partition coefficient (Wildman–Crippen LogP) is 3.08. The van der Waals surface area contributed by atoms with Crippen LogP contribution in [-0.2, 0) is 0 Å². The Bertz CT molecular complexity index is 128. The highest BCUT2D eigenvalue weighted by Crippen LogP contribution is 2.55. The standard InChI is InChI=1S/C10H18/c1-3-8-6-10(8)9-5-4-7(9)2/h7-10H,3-6H2,1-2H3. The molecular weight excluding hydrogens is 120 g/mol. The molecule has 0 amide bonds. The van der Waals surface area contributed by atoms with Crippen LogP contribution in [0.2, 0.25) is 0 Å². The summed E-state index contributed by atoms with van der Waals surface area (Å²) in [6.45, 7) is 4.77. The maximum Gasteiger partial charge on any atom is -0.0352 e. The summed E-state index contributed by atoms with van der Waals surface area (Å²) in [4.78, 5) is 0. The van der Waals surface area contributed by atoms with Gasteiger partial charge in [0, 0.05) is 0 Å². The maximum absolute atomic E-state index is 2.43. The van der Waals surface area contributed by atoms with E-state index < -0.39 is 0 Å². The van der Waals surface area contributed by atoms with Crippen molar-refractivity contribution in [2.45, 2.75) is 39.5 Å². The summed E-state index contributed by atoms with van der Waals surface area (Å²) in [7, 11) is 0. The summed E-state index contributed by atoms with van der Waals surface area (Å²) in [5, 5.41) is 0. The van der Waals surface area contributed by atoms with Gasteiger partial charge in [-0.3, -0.25) is 0 Å². The Morgan fingerprint density at radius 2 is 2.00 bits per heavy atom. The molecule has 0 bridgehead atoms. The van der Waals surface area contributed by atoms with Crippen LogP contribution in [0.15, 0.2) is 0 Å². The lowest BCUT2D eigenvalue weighted by molar-refractivity contribution is 0.160. The molecule has 0 aliphatic heterocycles. The van der Waals surface area contributed by atoms with Crippen LogP contribution in [-0.4, -0.2) is 0 Å². The maximum atomic E-state index is 2.43. The molecule has 0 nitrogen and oxygen atoms in total. The van der Waals surface area contributed by atoms with Gasteiger partial charge >= 0.3 is 0 Å². The minimum atomic E-state index is 1.07. The lowest BCUT2D eigenvalue weighted by Crippen LogP contribution is -2.25. The van der Waals surface area contributed by atoms with Crippen molar-refractivity contribution in [2.75, 3.05) is 0 Å². The van der Waals surface area contributed by atoms with E-state index >= 15 is 0 Å². The molecule has 2 rings (SSSR count). The Labute approximate surface area is 64.0 Å². The fourth-order valence-corrected chi connectivity index (χ4v) is 2.59. The van der Waals surface area contributed by atoms with Crippen LogP contribution in [0.1, 0.15) is 39.5 Å². The molecule has 10 heavy (non-hydrogen) atoms. The average Bonchev–Trinajstić information content (AvgIpc) is 2.64. The minimum Gasteiger partial charge on any atom is -0.0651 e. The van der Waals surface area contributed by atoms with E-state index in [9.17, 15) is 0 Å². The van der Waals surface area contributed by atoms with Gasteiger partial charge in [-0.25, -0.2) is 0 Å². The highest BCUT2D eigenvalue weighted by molar-refractivity contribution is 4.95. The first-order valence-corrected chi connectivity index (χ1v) is 4.83. The van der Waals surface area contributed by atoms with E-state index in [0.29, 0.717) is 0 Å². The summed E-state index contributed by atoms with van der Waals surface area (Å²) in [6.07, 6.45) is 6.05. The van der Waals surface area contributed by atoms with Gasteiger partial charge in [-0.15, -0.1) is 0 Å². The highest BCUT2D eigenvalue weighted by atomic mass is 14.5. The molecule has 2 aliphatic carbocycles. The molecule has 0 aromatic heterocycles. The van der Waals surface area contributed by atoms with Gasteiger partial charge < -0.3 is 0 Å². The Morgan fingerprint density at radius 3 is 2.30 bits per heavy atom. The fourth-order valence-electron chi connectivity index (χ4n) is 2.59. The van der Waals surface area contributed by atoms with Crippen LogP contribution >= 0.6 is 0 Å². The van der Waals surface area contributed by atoms with Gasteiger partial charge in [0.2, 0.25) is 0 Å². The van der Waals surface area contributed by atoms with Gasteiger partial charge in [0.1, 0.15) is 0 Å². The molecule has 58 valence electrons. The smallest absolute Gasteiger partial charge is 0.0352 e. The molecule has 0 heteroatoms. The molecule has 0 radical (unpaired) electrons. The van der Waals surface area contributed by atoms with Crippen molar-refractivity contribution in [3.63, 3.8) is 0 Å². The van der Waals surface area contributed by atoms with Gasteiger partial charge in [-0.05, 0) is 36.5 Å². The quantitative estimate of drug-likeness (QED) is 0.550. The van der Waals surface area contributed by atoms with E-state index in [2.05, 4.69) is 13.8 Å². The topological polar surface area (TPSA) is 0 Å². The monoisotopic (exact) mass is 138 g/mol. The van der Waals surface area contributed by atoms with Crippen molar-refractivity contribution in [3.05, 3.63) is 0 Å². The first kappa shape index (κ1) is 6.69. The van der Waals surface area contributed by atoms with E-state index in [4.69, 9.17) is 0 Å². The van der Waals surface area contributed by atoms with E-state index in [1.54, 1.807) is 12.8 Å². The summed E-state index contributed by atoms with van der Waals surface area (Å²) in [6, 6.07) is 0. The molecule has 0 heterocycles. The van der Waals surface area contributed by atoms with Crippen molar-refractivity contribution in [2.24, 2.45) is 23.7 Å². The highest BCUT2D eigenvalue weighted by Gasteiger charge is 2.46. The van der Waals surface area contributed by atoms with Gasteiger partial charge in [0.25, 0.3) is 0 Å². The van der Waals surface area contributed by atoms with E-state index in [-0.39, 0.29) is 0 Å². The molecule has 0 spiro atoms. The first-order chi connectivity index (χ1) is 4.83. The summed E-state index contributed by atoms with van der Waals surface area (Å²) >= 11 is 0. The van der Waals surface area contributed by atoms with Gasteiger partial charge in [-0.1, -0.05) is 26.7 Å². The Morgan fingerprint density at radius 1 is 1.20 bits per heavy atom. The molecule has 0 aromatic rings. The van der Waals surface area contributed by atoms with E-state index in [1.807, 2.05) is 0 Å². The summed E-state index contributed by atoms with van der Waals surface area (Å²) < 4.78 is 0. The molecule has 0 N–H and O–H groups in total. The van der Waals surface area contributed by atoms with Crippen molar-refractivity contribution in [1.29, 1.82) is 0 Å². The lowest BCUT2D eigenvalue weighted by atomic mass is 9.71. The molecule has 0 aromatic carbocycles. The lowest BCUT2D eigenvalue weighted by Gasteiger charge is -2.34. The largest absolute Gasteiger partial charge is 0.0651 e. The van der Waals surface area contributed by atoms with Crippen LogP contribution in [0.4, 0.5) is 0 Å². The Hall–Kier alpha value is 0. The van der Waals surface area contributed by atoms with Gasteiger partial charge in [0.05, 0.1) is 0 Å². The zero-order valence-corrected chi connectivity index (χ0v) is 7.14. The zero-order valence-electron chi connectivity index (χ0n) is 7.14. The third-order valence-electron chi connectivity index (χ3n) is 3.74. The van der Waals surface area contributed by atoms with Gasteiger partial charge in [-0.2, -0.15) is 0 Å². The Kier molecular flexibility index (Phi) is 1.51. The molecule has 2 saturated carbocycles. The van der Waals surface area contributed by atoms with Crippen molar-refractivity contribution < 1.29 is 0 Å². The van der Waals surface area contributed by atoms with E-state index in [0.717, 1.165) is 23.7 Å². The SMILES string of the molecule is CCC1CC1C1CCC1C. The first-order valence-electron chi connectivity index (χ1n) is 4.83. The van der Waals surface area contributed by atoms with Crippen molar-refractivity contribution in [1.82, 2.24) is 0 Å². The van der Waals surface area contributed by atoms with Crippen molar-refractivity contribution >= 4 is 0 Å². The normalized spacial score (nSPS) is 52.2. The molecular formula is C10H18. The summed E-state index contributed by atoms with van der Waals surface area (Å²) in [5.41, 5.74) is 0. The molecule has 0 saturated heterocycles. The van der Waals surface area contributed by atoms with Crippen LogP contribution in [0.5, 0.6) is 0 Å².